The second kappa shape index (κ2) is 2.75. The molecule has 0 aromatic rings. The predicted molar refractivity (Wildman–Crippen MR) is 39.5 cm³/mol. The summed E-state index contributed by atoms with van der Waals surface area (Å²) in [5.74, 6) is 0. The predicted octanol–water partition coefficient (Wildman–Crippen LogP) is 3.15. The Labute approximate surface area is 60.5 Å². The van der Waals surface area contributed by atoms with Gasteiger partial charge in [-0.05, 0) is 20.8 Å². The summed E-state index contributed by atoms with van der Waals surface area (Å²) >= 11 is 11.5. The number of hydrogen-bond acceptors (Lipinski definition) is 0. The molecule has 0 saturated carbocycles. The lowest BCUT2D eigenvalue weighted by molar-refractivity contribution is 0.862. The van der Waals surface area contributed by atoms with Crippen molar-refractivity contribution in [1.29, 1.82) is 0 Å². The molecule has 0 amide bonds. The molecule has 0 radical (unpaired) electrons. The number of hydrogen-bond donors (Lipinski definition) is 0. The largest absolute Gasteiger partial charge is 0.114 e. The van der Waals surface area contributed by atoms with Gasteiger partial charge in [-0.2, -0.15) is 0 Å². The standard InChI is InChI=1S/C6H10Cl2/c1-4-5(7)6(2,3)8/h4H,1-3H3. The zero-order chi connectivity index (χ0) is 6.78. The molecule has 0 nitrogen and oxygen atoms in total. The molecule has 0 atom stereocenters. The van der Waals surface area contributed by atoms with Gasteiger partial charge >= 0.3 is 0 Å². The van der Waals surface area contributed by atoms with Gasteiger partial charge in [0, 0.05) is 5.03 Å². The zero-order valence-corrected chi connectivity index (χ0v) is 6.85. The lowest BCUT2D eigenvalue weighted by Gasteiger charge is -2.12. The highest BCUT2D eigenvalue weighted by Gasteiger charge is 2.15. The average molecular weight is 153 g/mol. The van der Waals surface area contributed by atoms with Crippen LogP contribution in [0, 0.1) is 0 Å². The minimum Gasteiger partial charge on any atom is -0.114 e. The number of alkyl halides is 1. The Morgan fingerprint density at radius 2 is 1.88 bits per heavy atom. The maximum atomic E-state index is 5.78. The van der Waals surface area contributed by atoms with Crippen LogP contribution in [-0.2, 0) is 0 Å². The SMILES string of the molecule is CC=C(Cl)C(C)(C)Cl. The molecule has 48 valence electrons. The van der Waals surface area contributed by atoms with Crippen molar-refractivity contribution >= 4 is 23.2 Å². The maximum absolute atomic E-state index is 5.78. The number of allylic oxidation sites excluding steroid dienone is 2. The van der Waals surface area contributed by atoms with Crippen LogP contribution in [0.25, 0.3) is 0 Å². The van der Waals surface area contributed by atoms with E-state index in [4.69, 9.17) is 23.2 Å². The molecule has 0 heterocycles. The van der Waals surface area contributed by atoms with Gasteiger partial charge in [0.25, 0.3) is 0 Å². The molecule has 0 fully saturated rings. The average Bonchev–Trinajstić information content (AvgIpc) is 1.62. The van der Waals surface area contributed by atoms with Crippen LogP contribution in [0.3, 0.4) is 0 Å². The Balaban J connectivity index is 4.03. The third kappa shape index (κ3) is 2.58. The molecule has 0 bridgehead atoms. The van der Waals surface area contributed by atoms with Crippen LogP contribution < -0.4 is 0 Å². The first-order chi connectivity index (χ1) is 3.48. The van der Waals surface area contributed by atoms with E-state index in [0.717, 1.165) is 0 Å². The monoisotopic (exact) mass is 152 g/mol. The third-order valence-electron chi connectivity index (χ3n) is 0.821. The molecule has 0 aliphatic heterocycles. The summed E-state index contributed by atoms with van der Waals surface area (Å²) in [6.45, 7) is 5.58. The van der Waals surface area contributed by atoms with Crippen LogP contribution in [0.1, 0.15) is 20.8 Å². The van der Waals surface area contributed by atoms with E-state index in [0.29, 0.717) is 5.03 Å². The summed E-state index contributed by atoms with van der Waals surface area (Å²) in [5.41, 5.74) is 0. The van der Waals surface area contributed by atoms with Crippen molar-refractivity contribution in [2.75, 3.05) is 0 Å². The van der Waals surface area contributed by atoms with Crippen LogP contribution in [0.5, 0.6) is 0 Å². The number of rotatable bonds is 1. The summed E-state index contributed by atoms with van der Waals surface area (Å²) in [7, 11) is 0. The molecule has 0 aliphatic carbocycles. The fraction of sp³-hybridized carbons (Fsp3) is 0.667. The molecular formula is C6H10Cl2. The van der Waals surface area contributed by atoms with Gasteiger partial charge in [0.1, 0.15) is 0 Å². The van der Waals surface area contributed by atoms with Gasteiger partial charge in [-0.25, -0.2) is 0 Å². The van der Waals surface area contributed by atoms with Gasteiger partial charge in [0.05, 0.1) is 4.87 Å². The third-order valence-corrected chi connectivity index (χ3v) is 1.81. The molecular weight excluding hydrogens is 143 g/mol. The first kappa shape index (κ1) is 8.32. The van der Waals surface area contributed by atoms with E-state index in [1.807, 2.05) is 20.8 Å². The van der Waals surface area contributed by atoms with Gasteiger partial charge in [-0.3, -0.25) is 0 Å². The Hall–Kier alpha value is 0.320. The van der Waals surface area contributed by atoms with Gasteiger partial charge in [0.15, 0.2) is 0 Å². The lowest BCUT2D eigenvalue weighted by atomic mass is 10.2. The highest BCUT2D eigenvalue weighted by molar-refractivity contribution is 6.39. The molecule has 2 heteroatoms. The summed E-state index contributed by atoms with van der Waals surface area (Å²) in [4.78, 5) is -0.393. The molecule has 8 heavy (non-hydrogen) atoms. The van der Waals surface area contributed by atoms with E-state index in [2.05, 4.69) is 0 Å². The topological polar surface area (TPSA) is 0 Å². The van der Waals surface area contributed by atoms with Crippen LogP contribution >= 0.6 is 23.2 Å². The molecule has 0 saturated heterocycles. The Bertz CT molecular complexity index is 97.6. The van der Waals surface area contributed by atoms with Crippen molar-refractivity contribution in [3.05, 3.63) is 11.1 Å². The van der Waals surface area contributed by atoms with E-state index in [9.17, 15) is 0 Å². The Morgan fingerprint density at radius 3 is 1.88 bits per heavy atom. The van der Waals surface area contributed by atoms with E-state index >= 15 is 0 Å². The maximum Gasteiger partial charge on any atom is 0.0741 e. The van der Waals surface area contributed by atoms with E-state index in [1.165, 1.54) is 0 Å². The van der Waals surface area contributed by atoms with E-state index in [-0.39, 0.29) is 0 Å². The van der Waals surface area contributed by atoms with Gasteiger partial charge in [0.2, 0.25) is 0 Å². The first-order valence-electron chi connectivity index (χ1n) is 2.49. The van der Waals surface area contributed by atoms with Crippen molar-refractivity contribution in [1.82, 2.24) is 0 Å². The van der Waals surface area contributed by atoms with Crippen molar-refractivity contribution in [3.63, 3.8) is 0 Å². The van der Waals surface area contributed by atoms with Crippen LogP contribution in [-0.4, -0.2) is 4.87 Å². The molecule has 0 unspecified atom stereocenters. The Morgan fingerprint density at radius 1 is 1.50 bits per heavy atom. The second-order valence-corrected chi connectivity index (χ2v) is 3.46. The summed E-state index contributed by atoms with van der Waals surface area (Å²) in [5, 5.41) is 0.694. The van der Waals surface area contributed by atoms with Gasteiger partial charge in [-0.1, -0.05) is 17.7 Å². The fourth-order valence-corrected chi connectivity index (χ4v) is 0.452. The van der Waals surface area contributed by atoms with Crippen LogP contribution in [0.4, 0.5) is 0 Å². The summed E-state index contributed by atoms with van der Waals surface area (Å²) in [6, 6.07) is 0. The fourth-order valence-electron chi connectivity index (χ4n) is 0.343. The minimum absolute atomic E-state index is 0.393. The highest BCUT2D eigenvalue weighted by Crippen LogP contribution is 2.26. The Kier molecular flexibility index (Phi) is 2.86. The molecule has 0 rings (SSSR count). The van der Waals surface area contributed by atoms with Crippen LogP contribution in [0.15, 0.2) is 11.1 Å². The zero-order valence-electron chi connectivity index (χ0n) is 5.33. The number of halogens is 2. The lowest BCUT2D eigenvalue weighted by Crippen LogP contribution is -2.08. The normalized spacial score (nSPS) is 14.4. The molecule has 0 aromatic carbocycles. The molecule has 0 N–H and O–H groups in total. The van der Waals surface area contributed by atoms with Crippen molar-refractivity contribution in [3.8, 4) is 0 Å². The quantitative estimate of drug-likeness (QED) is 0.507. The van der Waals surface area contributed by atoms with Crippen LogP contribution in [0.2, 0.25) is 0 Å². The molecule has 0 spiro atoms. The van der Waals surface area contributed by atoms with Gasteiger partial charge in [-0.15, -0.1) is 11.6 Å². The first-order valence-corrected chi connectivity index (χ1v) is 3.25. The van der Waals surface area contributed by atoms with Crippen molar-refractivity contribution in [2.45, 2.75) is 25.6 Å². The molecule has 0 aromatic heterocycles. The van der Waals surface area contributed by atoms with E-state index < -0.39 is 4.87 Å². The molecule has 0 aliphatic rings. The minimum atomic E-state index is -0.393. The smallest absolute Gasteiger partial charge is 0.0741 e. The summed E-state index contributed by atoms with van der Waals surface area (Å²) in [6.07, 6.45) is 1.80. The van der Waals surface area contributed by atoms with E-state index in [1.54, 1.807) is 6.08 Å². The second-order valence-electron chi connectivity index (χ2n) is 2.11. The van der Waals surface area contributed by atoms with Gasteiger partial charge < -0.3 is 0 Å². The van der Waals surface area contributed by atoms with Crippen molar-refractivity contribution in [2.24, 2.45) is 0 Å². The van der Waals surface area contributed by atoms with Crippen molar-refractivity contribution < 1.29 is 0 Å². The summed E-state index contributed by atoms with van der Waals surface area (Å²) < 4.78 is 0. The highest BCUT2D eigenvalue weighted by atomic mass is 35.5.